The van der Waals surface area contributed by atoms with Crippen molar-refractivity contribution in [1.29, 1.82) is 0 Å². The highest BCUT2D eigenvalue weighted by molar-refractivity contribution is 5.86. The molecule has 196 valence electrons. The molecule has 0 aromatic carbocycles. The zero-order valence-electron chi connectivity index (χ0n) is 21.9. The molecule has 1 unspecified atom stereocenters. The summed E-state index contributed by atoms with van der Waals surface area (Å²) in [6, 6.07) is 0.104. The lowest BCUT2D eigenvalue weighted by Gasteiger charge is -2.36. The van der Waals surface area contributed by atoms with E-state index in [-0.39, 0.29) is 11.9 Å². The van der Waals surface area contributed by atoms with Gasteiger partial charge in [0.25, 0.3) is 0 Å². The van der Waals surface area contributed by atoms with Gasteiger partial charge in [-0.1, -0.05) is 13.8 Å². The number of nitrogens with one attached hydrogen (secondary N) is 3. The third kappa shape index (κ3) is 5.20. The van der Waals surface area contributed by atoms with Crippen molar-refractivity contribution in [3.05, 3.63) is 23.3 Å². The maximum absolute atomic E-state index is 13.4. The number of nitrogens with zero attached hydrogens (tertiary/aromatic N) is 5. The van der Waals surface area contributed by atoms with Crippen LogP contribution in [0, 0.1) is 0 Å². The van der Waals surface area contributed by atoms with Gasteiger partial charge in [-0.2, -0.15) is 4.98 Å². The summed E-state index contributed by atoms with van der Waals surface area (Å²) in [5.74, 6) is 3.14. The lowest BCUT2D eigenvalue weighted by Crippen LogP contribution is -2.53. The molecule has 10 heteroatoms. The number of anilines is 3. The van der Waals surface area contributed by atoms with E-state index in [1.54, 1.807) is 0 Å². The van der Waals surface area contributed by atoms with Gasteiger partial charge in [0.15, 0.2) is 0 Å². The molecule has 2 fully saturated rings. The van der Waals surface area contributed by atoms with Crippen molar-refractivity contribution >= 4 is 23.5 Å². The van der Waals surface area contributed by atoms with Gasteiger partial charge in [-0.15, -0.1) is 0 Å². The lowest BCUT2D eigenvalue weighted by atomic mass is 10.0. The summed E-state index contributed by atoms with van der Waals surface area (Å²) in [6.07, 6.45) is 6.54. The maximum atomic E-state index is 13.4. The molecule has 0 radical (unpaired) electrons. The maximum Gasteiger partial charge on any atom is 0.243 e. The van der Waals surface area contributed by atoms with Crippen LogP contribution in [0.3, 0.4) is 0 Å². The van der Waals surface area contributed by atoms with Crippen LogP contribution in [0.5, 0.6) is 0 Å². The molecule has 3 aliphatic rings. The Morgan fingerprint density at radius 1 is 1.14 bits per heavy atom. The Bertz CT molecular complexity index is 1080. The summed E-state index contributed by atoms with van der Waals surface area (Å²) in [4.78, 5) is 35.3. The molecule has 4 heterocycles. The Kier molecular flexibility index (Phi) is 7.16. The van der Waals surface area contributed by atoms with Gasteiger partial charge in [0, 0.05) is 49.3 Å². The predicted octanol–water partition coefficient (Wildman–Crippen LogP) is 2.48. The molecule has 5 rings (SSSR count). The Hall–Kier alpha value is -2.72. The minimum absolute atomic E-state index is 0.0466. The van der Waals surface area contributed by atoms with Crippen molar-refractivity contribution in [2.75, 3.05) is 29.9 Å². The molecule has 4 N–H and O–H groups in total. The molecule has 1 amide bonds. The van der Waals surface area contributed by atoms with Gasteiger partial charge in [-0.3, -0.25) is 9.69 Å². The minimum atomic E-state index is -0.590. The topological polar surface area (TPSA) is 122 Å². The van der Waals surface area contributed by atoms with Gasteiger partial charge in [0.2, 0.25) is 11.9 Å². The van der Waals surface area contributed by atoms with Crippen molar-refractivity contribution in [3.63, 3.8) is 0 Å². The summed E-state index contributed by atoms with van der Waals surface area (Å²) in [5, 5.41) is 17.2. The first-order valence-corrected chi connectivity index (χ1v) is 13.5. The SMILES string of the molecule is CC(C)c1nc(Nc2nc(N3C[C@H](O)C[C@@H]3C(=O)NC3CCCN(C(C)C)C3)nc3c2CCC3)c[nH]1. The number of likely N-dealkylation sites (tertiary alicyclic amines) is 1. The number of aryl methyl sites for hydroxylation is 1. The summed E-state index contributed by atoms with van der Waals surface area (Å²) in [6.45, 7) is 10.9. The molecular weight excluding hydrogens is 456 g/mol. The van der Waals surface area contributed by atoms with Crippen LogP contribution in [0.15, 0.2) is 6.20 Å². The first-order chi connectivity index (χ1) is 17.3. The second-order valence-corrected chi connectivity index (χ2v) is 11.1. The number of β-amino-alcohol motifs (C(OH)–C–C–N with tert-alkyl or cyclic N) is 1. The number of piperidine rings is 1. The molecular formula is C26H40N8O2. The average Bonchev–Trinajstić information content (AvgIpc) is 3.58. The van der Waals surface area contributed by atoms with Gasteiger partial charge in [-0.05, 0) is 52.5 Å². The number of aliphatic hydroxyl groups excluding tert-OH is 1. The number of carbonyl (C=O) groups excluding carboxylic acids is 1. The molecule has 10 nitrogen and oxygen atoms in total. The highest BCUT2D eigenvalue weighted by Crippen LogP contribution is 2.33. The number of aromatic nitrogens is 4. The Morgan fingerprint density at radius 2 is 1.97 bits per heavy atom. The number of H-pyrrole nitrogens is 1. The van der Waals surface area contributed by atoms with E-state index in [4.69, 9.17) is 9.97 Å². The van der Waals surface area contributed by atoms with Crippen molar-refractivity contribution in [2.45, 2.75) is 96.4 Å². The zero-order chi connectivity index (χ0) is 25.4. The van der Waals surface area contributed by atoms with E-state index < -0.39 is 12.1 Å². The number of aliphatic hydroxyl groups is 1. The Balaban J connectivity index is 1.36. The number of hydrogen-bond donors (Lipinski definition) is 4. The minimum Gasteiger partial charge on any atom is -0.391 e. The first-order valence-electron chi connectivity index (χ1n) is 13.5. The molecule has 3 atom stereocenters. The Morgan fingerprint density at radius 3 is 2.72 bits per heavy atom. The molecule has 2 saturated heterocycles. The molecule has 0 bridgehead atoms. The van der Waals surface area contributed by atoms with Crippen LogP contribution in [0.1, 0.15) is 76.4 Å². The van der Waals surface area contributed by atoms with Crippen LogP contribution in [-0.2, 0) is 17.6 Å². The molecule has 1 aliphatic carbocycles. The molecule has 2 aromatic heterocycles. The third-order valence-corrected chi connectivity index (χ3v) is 7.68. The number of imidazole rings is 1. The number of carbonyl (C=O) groups is 1. The highest BCUT2D eigenvalue weighted by Gasteiger charge is 2.39. The highest BCUT2D eigenvalue weighted by atomic mass is 16.3. The van der Waals surface area contributed by atoms with E-state index in [1.807, 2.05) is 11.1 Å². The van der Waals surface area contributed by atoms with Crippen LogP contribution in [0.25, 0.3) is 0 Å². The van der Waals surface area contributed by atoms with Crippen LogP contribution in [0.4, 0.5) is 17.6 Å². The summed E-state index contributed by atoms with van der Waals surface area (Å²) >= 11 is 0. The van der Waals surface area contributed by atoms with Gasteiger partial charge in [0.1, 0.15) is 23.5 Å². The molecule has 0 saturated carbocycles. The second-order valence-electron chi connectivity index (χ2n) is 11.1. The van der Waals surface area contributed by atoms with E-state index >= 15 is 0 Å². The average molecular weight is 497 g/mol. The van der Waals surface area contributed by atoms with Gasteiger partial charge in [0.05, 0.1) is 11.8 Å². The van der Waals surface area contributed by atoms with E-state index in [0.717, 1.165) is 73.9 Å². The molecule has 2 aromatic rings. The standard InChI is InChI=1S/C26H40N8O2/c1-15(2)23-27-12-22(30-23)31-24-19-8-5-9-20(19)29-26(32-24)34-14-18(35)11-21(34)25(36)28-17-7-6-10-33(13-17)16(3)4/h12,15-18,21,35H,5-11,13-14H2,1-4H3,(H,27,30)(H,28,36)(H,29,31,32)/t17?,18-,21-/m1/s1. The third-order valence-electron chi connectivity index (χ3n) is 7.68. The summed E-state index contributed by atoms with van der Waals surface area (Å²) < 4.78 is 0. The van der Waals surface area contributed by atoms with Crippen molar-refractivity contribution in [2.24, 2.45) is 0 Å². The van der Waals surface area contributed by atoms with Gasteiger partial charge in [-0.25, -0.2) is 9.97 Å². The fraction of sp³-hybridized carbons (Fsp3) is 0.692. The first kappa shape index (κ1) is 25.0. The van der Waals surface area contributed by atoms with Gasteiger partial charge >= 0.3 is 0 Å². The second kappa shape index (κ2) is 10.3. The Labute approximate surface area is 213 Å². The van der Waals surface area contributed by atoms with Crippen molar-refractivity contribution in [1.82, 2.24) is 30.2 Å². The van der Waals surface area contributed by atoms with Gasteiger partial charge < -0.3 is 25.6 Å². The number of amides is 1. The van der Waals surface area contributed by atoms with Crippen LogP contribution < -0.4 is 15.5 Å². The van der Waals surface area contributed by atoms with E-state index in [9.17, 15) is 9.90 Å². The van der Waals surface area contributed by atoms with Crippen molar-refractivity contribution < 1.29 is 9.90 Å². The summed E-state index contributed by atoms with van der Waals surface area (Å²) in [7, 11) is 0. The number of aromatic amines is 1. The zero-order valence-corrected chi connectivity index (χ0v) is 21.9. The van der Waals surface area contributed by atoms with E-state index in [2.05, 4.69) is 53.2 Å². The predicted molar refractivity (Wildman–Crippen MR) is 140 cm³/mol. The molecule has 2 aliphatic heterocycles. The largest absolute Gasteiger partial charge is 0.391 e. The van der Waals surface area contributed by atoms with Crippen LogP contribution >= 0.6 is 0 Å². The molecule has 0 spiro atoms. The fourth-order valence-corrected chi connectivity index (χ4v) is 5.64. The normalized spacial score (nSPS) is 24.5. The van der Waals surface area contributed by atoms with E-state index in [1.165, 1.54) is 0 Å². The van der Waals surface area contributed by atoms with Crippen LogP contribution in [-0.4, -0.2) is 79.7 Å². The fourth-order valence-electron chi connectivity index (χ4n) is 5.64. The molecule has 36 heavy (non-hydrogen) atoms. The monoisotopic (exact) mass is 496 g/mol. The smallest absolute Gasteiger partial charge is 0.243 e. The lowest BCUT2D eigenvalue weighted by molar-refractivity contribution is -0.123. The quantitative estimate of drug-likeness (QED) is 0.461. The van der Waals surface area contributed by atoms with E-state index in [0.29, 0.717) is 30.9 Å². The number of fused-ring (bicyclic) bond motifs is 1. The number of rotatable bonds is 7. The number of hydrogen-bond acceptors (Lipinski definition) is 8. The summed E-state index contributed by atoms with van der Waals surface area (Å²) in [5.41, 5.74) is 2.13. The van der Waals surface area contributed by atoms with Crippen molar-refractivity contribution in [3.8, 4) is 0 Å². The van der Waals surface area contributed by atoms with Crippen LogP contribution in [0.2, 0.25) is 0 Å².